The number of hydrogen-bond donors (Lipinski definition) is 3. The summed E-state index contributed by atoms with van der Waals surface area (Å²) in [4.78, 5) is 21.1. The predicted octanol–water partition coefficient (Wildman–Crippen LogP) is 2.27. The summed E-state index contributed by atoms with van der Waals surface area (Å²) in [7, 11) is 0. The Morgan fingerprint density at radius 2 is 1.67 bits per heavy atom. The van der Waals surface area contributed by atoms with Gasteiger partial charge in [-0.1, -0.05) is 36.4 Å². The van der Waals surface area contributed by atoms with E-state index < -0.39 is 12.1 Å². The molecule has 0 bridgehead atoms. The molecule has 1 aromatic heterocycles. The molecule has 174 valence electrons. The number of nitrogens with zero attached hydrogens (tertiary/aromatic N) is 3. The number of carbonyl (C=O) groups is 2. The summed E-state index contributed by atoms with van der Waals surface area (Å²) in [6.07, 6.45) is -0.454. The minimum Gasteiger partial charge on any atom is -0.475 e. The second-order valence-electron chi connectivity index (χ2n) is 7.37. The summed E-state index contributed by atoms with van der Waals surface area (Å²) in [5.74, 6) is -2.71. The fraction of sp³-hybridized carbons (Fsp3) is 0.273. The highest BCUT2D eigenvalue weighted by Crippen LogP contribution is 2.16. The lowest BCUT2D eigenvalue weighted by molar-refractivity contribution is -0.192. The Morgan fingerprint density at radius 3 is 2.27 bits per heavy atom. The third-order valence-electron chi connectivity index (χ3n) is 4.97. The SMILES string of the molecule is O=C(Cc1ccc(-n2cnnc2)cc1)NCC1Cc2ccccc2CN1.O=C(O)C(F)(F)F. The van der Waals surface area contributed by atoms with Crippen LogP contribution in [0.15, 0.2) is 61.2 Å². The number of benzene rings is 2. The van der Waals surface area contributed by atoms with Gasteiger partial charge in [0.1, 0.15) is 12.7 Å². The van der Waals surface area contributed by atoms with Crippen molar-refractivity contribution in [2.75, 3.05) is 6.54 Å². The summed E-state index contributed by atoms with van der Waals surface area (Å²) in [5.41, 5.74) is 4.68. The summed E-state index contributed by atoms with van der Waals surface area (Å²) >= 11 is 0. The second-order valence-corrected chi connectivity index (χ2v) is 7.37. The van der Waals surface area contributed by atoms with Crippen LogP contribution in [0.1, 0.15) is 16.7 Å². The lowest BCUT2D eigenvalue weighted by atomic mass is 9.96. The molecule has 2 heterocycles. The Kier molecular flexibility index (Phi) is 7.78. The van der Waals surface area contributed by atoms with E-state index in [1.54, 1.807) is 12.7 Å². The van der Waals surface area contributed by atoms with Gasteiger partial charge in [-0.15, -0.1) is 10.2 Å². The van der Waals surface area contributed by atoms with E-state index in [9.17, 15) is 18.0 Å². The molecule has 1 atom stereocenters. The van der Waals surface area contributed by atoms with Crippen LogP contribution >= 0.6 is 0 Å². The first-order valence-electron chi connectivity index (χ1n) is 10.0. The van der Waals surface area contributed by atoms with Gasteiger partial charge in [-0.05, 0) is 35.2 Å². The van der Waals surface area contributed by atoms with E-state index in [0.717, 1.165) is 24.2 Å². The van der Waals surface area contributed by atoms with E-state index in [0.29, 0.717) is 13.0 Å². The number of hydrogen-bond acceptors (Lipinski definition) is 5. The Hall–Kier alpha value is -3.73. The predicted molar refractivity (Wildman–Crippen MR) is 113 cm³/mol. The fourth-order valence-electron chi connectivity index (χ4n) is 3.27. The largest absolute Gasteiger partial charge is 0.490 e. The van der Waals surface area contributed by atoms with E-state index in [2.05, 4.69) is 45.1 Å². The number of alkyl halides is 3. The molecule has 1 amide bonds. The van der Waals surface area contributed by atoms with Gasteiger partial charge >= 0.3 is 12.1 Å². The first-order chi connectivity index (χ1) is 15.7. The summed E-state index contributed by atoms with van der Waals surface area (Å²) in [6.45, 7) is 1.51. The van der Waals surface area contributed by atoms with E-state index in [1.165, 1.54) is 11.1 Å². The molecule has 4 rings (SSSR count). The highest BCUT2D eigenvalue weighted by atomic mass is 19.4. The highest BCUT2D eigenvalue weighted by molar-refractivity contribution is 5.78. The molecular formula is C22H22F3N5O3. The van der Waals surface area contributed by atoms with Gasteiger partial charge in [0.15, 0.2) is 0 Å². The quantitative estimate of drug-likeness (QED) is 0.538. The summed E-state index contributed by atoms with van der Waals surface area (Å²) in [5, 5.41) is 21.3. The number of carboxylic acid groups (broad SMARTS) is 1. The summed E-state index contributed by atoms with van der Waals surface area (Å²) < 4.78 is 33.6. The molecule has 3 N–H and O–H groups in total. The van der Waals surface area contributed by atoms with Crippen LogP contribution in [0.4, 0.5) is 13.2 Å². The lowest BCUT2D eigenvalue weighted by Crippen LogP contribution is -2.44. The maximum absolute atomic E-state index is 12.3. The van der Waals surface area contributed by atoms with Crippen molar-refractivity contribution in [3.8, 4) is 5.69 Å². The molecule has 0 saturated heterocycles. The number of amides is 1. The second kappa shape index (κ2) is 10.7. The van der Waals surface area contributed by atoms with Crippen LogP contribution in [0.25, 0.3) is 5.69 Å². The number of fused-ring (bicyclic) bond motifs is 1. The monoisotopic (exact) mass is 461 g/mol. The minimum absolute atomic E-state index is 0.0442. The van der Waals surface area contributed by atoms with Crippen molar-refractivity contribution in [3.05, 3.63) is 77.9 Å². The molecule has 0 spiro atoms. The van der Waals surface area contributed by atoms with E-state index in [-0.39, 0.29) is 11.9 Å². The average Bonchev–Trinajstić information content (AvgIpc) is 3.33. The molecule has 11 heteroatoms. The van der Waals surface area contributed by atoms with Crippen LogP contribution in [-0.4, -0.2) is 50.5 Å². The van der Waals surface area contributed by atoms with Gasteiger partial charge in [-0.2, -0.15) is 13.2 Å². The zero-order chi connectivity index (χ0) is 23.8. The van der Waals surface area contributed by atoms with Gasteiger partial charge in [0.25, 0.3) is 0 Å². The van der Waals surface area contributed by atoms with E-state index >= 15 is 0 Å². The standard InChI is InChI=1S/C20H21N5O.C2HF3O2/c26-20(9-15-5-7-19(8-6-15)25-13-23-24-14-25)22-12-18-10-16-3-1-2-4-17(16)11-21-18;3-2(4,5)1(6)7/h1-8,13-14,18,21H,9-12H2,(H,22,26);(H,6,7). The molecule has 3 aromatic rings. The Labute approximate surface area is 187 Å². The number of aromatic nitrogens is 3. The topological polar surface area (TPSA) is 109 Å². The van der Waals surface area contributed by atoms with E-state index in [1.807, 2.05) is 28.8 Å². The molecular weight excluding hydrogens is 439 g/mol. The van der Waals surface area contributed by atoms with Crippen LogP contribution in [0.3, 0.4) is 0 Å². The fourth-order valence-corrected chi connectivity index (χ4v) is 3.27. The van der Waals surface area contributed by atoms with Crippen molar-refractivity contribution in [2.45, 2.75) is 31.6 Å². The number of carboxylic acids is 1. The molecule has 1 aliphatic heterocycles. The molecule has 8 nitrogen and oxygen atoms in total. The molecule has 33 heavy (non-hydrogen) atoms. The molecule has 0 aliphatic carbocycles. The average molecular weight is 461 g/mol. The Bertz CT molecular complexity index is 1070. The van der Waals surface area contributed by atoms with Crippen LogP contribution < -0.4 is 10.6 Å². The first-order valence-corrected chi connectivity index (χ1v) is 10.0. The number of nitrogens with one attached hydrogen (secondary N) is 2. The first kappa shape index (κ1) is 23.9. The van der Waals surface area contributed by atoms with Gasteiger partial charge in [0.05, 0.1) is 6.42 Å². The van der Waals surface area contributed by atoms with Crippen LogP contribution in [0.5, 0.6) is 0 Å². The molecule has 0 fully saturated rings. The van der Waals surface area contributed by atoms with Crippen molar-refractivity contribution in [3.63, 3.8) is 0 Å². The molecule has 1 unspecified atom stereocenters. The van der Waals surface area contributed by atoms with Gasteiger partial charge < -0.3 is 15.7 Å². The number of carbonyl (C=O) groups excluding carboxylic acids is 1. The van der Waals surface area contributed by atoms with E-state index in [4.69, 9.17) is 9.90 Å². The van der Waals surface area contributed by atoms with Crippen LogP contribution in [0, 0.1) is 0 Å². The third-order valence-corrected chi connectivity index (χ3v) is 4.97. The van der Waals surface area contributed by atoms with Crippen molar-refractivity contribution in [1.29, 1.82) is 0 Å². The minimum atomic E-state index is -5.08. The zero-order valence-electron chi connectivity index (χ0n) is 17.4. The highest BCUT2D eigenvalue weighted by Gasteiger charge is 2.38. The Balaban J connectivity index is 0.000000383. The Morgan fingerprint density at radius 1 is 1.06 bits per heavy atom. The van der Waals surface area contributed by atoms with Gasteiger partial charge in [0.2, 0.25) is 5.91 Å². The summed E-state index contributed by atoms with van der Waals surface area (Å²) in [6, 6.07) is 16.6. The molecule has 1 aliphatic rings. The normalized spacial score (nSPS) is 15.1. The van der Waals surface area contributed by atoms with Crippen molar-refractivity contribution < 1.29 is 27.9 Å². The van der Waals surface area contributed by atoms with Crippen molar-refractivity contribution >= 4 is 11.9 Å². The zero-order valence-corrected chi connectivity index (χ0v) is 17.4. The van der Waals surface area contributed by atoms with Gasteiger partial charge in [-0.25, -0.2) is 4.79 Å². The van der Waals surface area contributed by atoms with Crippen LogP contribution in [-0.2, 0) is 29.0 Å². The van der Waals surface area contributed by atoms with Gasteiger partial charge in [0, 0.05) is 24.8 Å². The number of halogens is 3. The van der Waals surface area contributed by atoms with Gasteiger partial charge in [-0.3, -0.25) is 9.36 Å². The molecule has 0 saturated carbocycles. The molecule has 2 aromatic carbocycles. The lowest BCUT2D eigenvalue weighted by Gasteiger charge is -2.26. The maximum atomic E-state index is 12.3. The third kappa shape index (κ3) is 7.14. The smallest absolute Gasteiger partial charge is 0.475 e. The number of rotatable bonds is 5. The van der Waals surface area contributed by atoms with Crippen LogP contribution in [0.2, 0.25) is 0 Å². The maximum Gasteiger partial charge on any atom is 0.490 e. The van der Waals surface area contributed by atoms with Crippen molar-refractivity contribution in [2.24, 2.45) is 0 Å². The number of aliphatic carboxylic acids is 1. The van der Waals surface area contributed by atoms with Crippen molar-refractivity contribution in [1.82, 2.24) is 25.4 Å². The molecule has 0 radical (unpaired) electrons.